The van der Waals surface area contributed by atoms with Crippen molar-refractivity contribution in [3.05, 3.63) is 23.2 Å². The summed E-state index contributed by atoms with van der Waals surface area (Å²) in [6, 6.07) is 4.23. The molecule has 7 heteroatoms. The summed E-state index contributed by atoms with van der Waals surface area (Å²) in [5.41, 5.74) is 5.84. The minimum absolute atomic E-state index is 0.0259. The fraction of sp³-hybridized carbons (Fsp3) is 0.400. The van der Waals surface area contributed by atoms with Crippen LogP contribution in [0.15, 0.2) is 23.1 Å². The first kappa shape index (κ1) is 14.6. The zero-order valence-electron chi connectivity index (χ0n) is 9.60. The van der Waals surface area contributed by atoms with E-state index in [0.29, 0.717) is 10.8 Å². The van der Waals surface area contributed by atoms with Gasteiger partial charge in [0, 0.05) is 16.8 Å². The van der Waals surface area contributed by atoms with Crippen LogP contribution in [0.5, 0.6) is 0 Å². The smallest absolute Gasteiger partial charge is 0.242 e. The monoisotopic (exact) mass is 294 g/mol. The number of hydrogen-bond acceptors (Lipinski definition) is 4. The SMILES string of the molecule is CSCC(C)NS(=O)(=O)c1cc(Cl)ccc1N. The van der Waals surface area contributed by atoms with Crippen LogP contribution in [0.4, 0.5) is 5.69 Å². The fourth-order valence-corrected chi connectivity index (χ4v) is 3.68. The highest BCUT2D eigenvalue weighted by Crippen LogP contribution is 2.22. The van der Waals surface area contributed by atoms with Gasteiger partial charge in [0.2, 0.25) is 10.0 Å². The van der Waals surface area contributed by atoms with Gasteiger partial charge in [0.1, 0.15) is 4.90 Å². The molecule has 1 rings (SSSR count). The van der Waals surface area contributed by atoms with Crippen LogP contribution in [0, 0.1) is 0 Å². The van der Waals surface area contributed by atoms with Crippen LogP contribution in [0.3, 0.4) is 0 Å². The second kappa shape index (κ2) is 5.95. The molecule has 96 valence electrons. The average Bonchev–Trinajstić information content (AvgIpc) is 2.21. The minimum Gasteiger partial charge on any atom is -0.398 e. The van der Waals surface area contributed by atoms with Gasteiger partial charge in [0.25, 0.3) is 0 Å². The van der Waals surface area contributed by atoms with E-state index in [-0.39, 0.29) is 16.6 Å². The van der Waals surface area contributed by atoms with Crippen LogP contribution < -0.4 is 10.5 Å². The molecule has 0 aliphatic rings. The molecule has 0 saturated heterocycles. The van der Waals surface area contributed by atoms with Crippen molar-refractivity contribution in [2.45, 2.75) is 17.9 Å². The summed E-state index contributed by atoms with van der Waals surface area (Å²) in [5, 5.41) is 0.345. The first-order chi connectivity index (χ1) is 7.86. The summed E-state index contributed by atoms with van der Waals surface area (Å²) in [6.07, 6.45) is 1.92. The molecule has 0 radical (unpaired) electrons. The van der Waals surface area contributed by atoms with Crippen LogP contribution in [-0.2, 0) is 10.0 Å². The standard InChI is InChI=1S/C10H15ClN2O2S2/c1-7(6-16-2)13-17(14,15)10-5-8(11)3-4-9(10)12/h3-5,7,13H,6,12H2,1-2H3. The number of nitrogens with two attached hydrogens (primary N) is 1. The Labute approximate surface area is 111 Å². The second-order valence-corrected chi connectivity index (χ2v) is 6.69. The third-order valence-electron chi connectivity index (χ3n) is 2.04. The number of halogens is 1. The van der Waals surface area contributed by atoms with Crippen molar-refractivity contribution in [3.63, 3.8) is 0 Å². The number of thioether (sulfide) groups is 1. The van der Waals surface area contributed by atoms with Gasteiger partial charge in [-0.05, 0) is 31.4 Å². The van der Waals surface area contributed by atoms with Gasteiger partial charge in [-0.3, -0.25) is 0 Å². The van der Waals surface area contributed by atoms with E-state index in [1.165, 1.54) is 12.1 Å². The van der Waals surface area contributed by atoms with Crippen LogP contribution in [-0.4, -0.2) is 26.5 Å². The Balaban J connectivity index is 3.01. The Morgan fingerprint density at radius 2 is 2.18 bits per heavy atom. The maximum Gasteiger partial charge on any atom is 0.242 e. The van der Waals surface area contributed by atoms with Crippen molar-refractivity contribution >= 4 is 39.1 Å². The van der Waals surface area contributed by atoms with E-state index in [2.05, 4.69) is 4.72 Å². The van der Waals surface area contributed by atoms with Crippen molar-refractivity contribution in [2.24, 2.45) is 0 Å². The molecule has 0 amide bonds. The van der Waals surface area contributed by atoms with E-state index in [1.54, 1.807) is 24.8 Å². The van der Waals surface area contributed by atoms with Crippen LogP contribution >= 0.6 is 23.4 Å². The van der Waals surface area contributed by atoms with Gasteiger partial charge in [-0.1, -0.05) is 11.6 Å². The Morgan fingerprint density at radius 3 is 2.76 bits per heavy atom. The van der Waals surface area contributed by atoms with E-state index in [0.717, 1.165) is 0 Å². The molecule has 1 unspecified atom stereocenters. The Hall–Kier alpha value is -0.430. The van der Waals surface area contributed by atoms with Gasteiger partial charge in [0.05, 0.1) is 5.69 Å². The molecule has 0 aliphatic carbocycles. The normalized spacial score (nSPS) is 13.6. The fourth-order valence-electron chi connectivity index (χ4n) is 1.35. The summed E-state index contributed by atoms with van der Waals surface area (Å²) in [4.78, 5) is 0.0259. The number of sulfonamides is 1. The number of hydrogen-bond donors (Lipinski definition) is 2. The van der Waals surface area contributed by atoms with Crippen molar-refractivity contribution in [2.75, 3.05) is 17.7 Å². The topological polar surface area (TPSA) is 72.2 Å². The van der Waals surface area contributed by atoms with Crippen LogP contribution in [0.1, 0.15) is 6.92 Å². The summed E-state index contributed by atoms with van der Waals surface area (Å²) in [7, 11) is -3.61. The minimum atomic E-state index is -3.61. The Morgan fingerprint density at radius 1 is 1.53 bits per heavy atom. The lowest BCUT2D eigenvalue weighted by Crippen LogP contribution is -2.34. The second-order valence-electron chi connectivity index (χ2n) is 3.66. The molecule has 17 heavy (non-hydrogen) atoms. The molecule has 0 bridgehead atoms. The van der Waals surface area contributed by atoms with Crippen molar-refractivity contribution in [3.8, 4) is 0 Å². The molecule has 0 spiro atoms. The molecule has 0 heterocycles. The third kappa shape index (κ3) is 4.06. The van der Waals surface area contributed by atoms with E-state index in [9.17, 15) is 8.42 Å². The Kier molecular flexibility index (Phi) is 5.12. The van der Waals surface area contributed by atoms with E-state index in [4.69, 9.17) is 17.3 Å². The lowest BCUT2D eigenvalue weighted by Gasteiger charge is -2.14. The highest BCUT2D eigenvalue weighted by Gasteiger charge is 2.20. The van der Waals surface area contributed by atoms with E-state index >= 15 is 0 Å². The number of anilines is 1. The highest BCUT2D eigenvalue weighted by atomic mass is 35.5. The quantitative estimate of drug-likeness (QED) is 0.814. The number of benzene rings is 1. The van der Waals surface area contributed by atoms with Crippen molar-refractivity contribution in [1.82, 2.24) is 4.72 Å². The lowest BCUT2D eigenvalue weighted by atomic mass is 10.3. The molecule has 0 aliphatic heterocycles. The zero-order valence-corrected chi connectivity index (χ0v) is 12.0. The number of nitrogen functional groups attached to an aromatic ring is 1. The first-order valence-electron chi connectivity index (χ1n) is 4.93. The third-order valence-corrected chi connectivity index (χ3v) is 4.75. The predicted octanol–water partition coefficient (Wildman–Crippen LogP) is 1.95. The summed E-state index contributed by atoms with van der Waals surface area (Å²) in [6.45, 7) is 1.80. The number of rotatable bonds is 5. The van der Waals surface area contributed by atoms with Gasteiger partial charge in [-0.25, -0.2) is 13.1 Å². The van der Waals surface area contributed by atoms with Crippen LogP contribution in [0.2, 0.25) is 5.02 Å². The molecule has 0 aromatic heterocycles. The molecule has 4 nitrogen and oxygen atoms in total. The van der Waals surface area contributed by atoms with E-state index < -0.39 is 10.0 Å². The van der Waals surface area contributed by atoms with Crippen molar-refractivity contribution < 1.29 is 8.42 Å². The van der Waals surface area contributed by atoms with Crippen LogP contribution in [0.25, 0.3) is 0 Å². The summed E-state index contributed by atoms with van der Waals surface area (Å²) in [5.74, 6) is 0.694. The molecule has 3 N–H and O–H groups in total. The van der Waals surface area contributed by atoms with Gasteiger partial charge in [-0.15, -0.1) is 0 Å². The largest absolute Gasteiger partial charge is 0.398 e. The average molecular weight is 295 g/mol. The Bertz CT molecular complexity index is 491. The maximum absolute atomic E-state index is 12.0. The van der Waals surface area contributed by atoms with Gasteiger partial charge < -0.3 is 5.73 Å². The highest BCUT2D eigenvalue weighted by molar-refractivity contribution is 7.98. The molecular weight excluding hydrogens is 280 g/mol. The molecular formula is C10H15ClN2O2S2. The summed E-state index contributed by atoms with van der Waals surface area (Å²) < 4.78 is 26.6. The molecule has 0 fully saturated rings. The first-order valence-corrected chi connectivity index (χ1v) is 8.18. The molecule has 1 aromatic carbocycles. The molecule has 1 aromatic rings. The van der Waals surface area contributed by atoms with Crippen molar-refractivity contribution in [1.29, 1.82) is 0 Å². The molecule has 1 atom stereocenters. The number of nitrogens with one attached hydrogen (secondary N) is 1. The van der Waals surface area contributed by atoms with Gasteiger partial charge >= 0.3 is 0 Å². The van der Waals surface area contributed by atoms with Gasteiger partial charge in [-0.2, -0.15) is 11.8 Å². The zero-order chi connectivity index (χ0) is 13.1. The van der Waals surface area contributed by atoms with E-state index in [1.807, 2.05) is 6.26 Å². The predicted molar refractivity (Wildman–Crippen MR) is 74.0 cm³/mol. The van der Waals surface area contributed by atoms with Gasteiger partial charge in [0.15, 0.2) is 0 Å². The summed E-state index contributed by atoms with van der Waals surface area (Å²) >= 11 is 7.34. The molecule has 0 saturated carbocycles. The lowest BCUT2D eigenvalue weighted by molar-refractivity contribution is 0.571. The maximum atomic E-state index is 12.0.